The summed E-state index contributed by atoms with van der Waals surface area (Å²) in [6.45, 7) is 2.21. The van der Waals surface area contributed by atoms with Crippen LogP contribution in [-0.4, -0.2) is 23.1 Å². The second kappa shape index (κ2) is 4.27. The molecule has 0 spiro atoms. The summed E-state index contributed by atoms with van der Waals surface area (Å²) < 4.78 is 0.938. The molecule has 0 atom stereocenters. The third kappa shape index (κ3) is 2.06. The summed E-state index contributed by atoms with van der Waals surface area (Å²) in [7, 11) is 0. The monoisotopic (exact) mass is 273 g/mol. The molecule has 74 valence electrons. The number of rotatable bonds is 2. The van der Waals surface area contributed by atoms with Gasteiger partial charge in [-0.15, -0.1) is 11.3 Å². The van der Waals surface area contributed by atoms with E-state index in [9.17, 15) is 0 Å². The topological polar surface area (TPSA) is 64.9 Å². The van der Waals surface area contributed by atoms with Crippen LogP contribution >= 0.6 is 27.3 Å². The van der Waals surface area contributed by atoms with E-state index < -0.39 is 0 Å². The van der Waals surface area contributed by atoms with Crippen LogP contribution in [0.5, 0.6) is 0 Å². The maximum atomic E-state index is 8.21. The zero-order valence-electron chi connectivity index (χ0n) is 7.35. The summed E-state index contributed by atoms with van der Waals surface area (Å²) in [4.78, 5) is 10.5. The summed E-state index contributed by atoms with van der Waals surface area (Å²) in [6.07, 6.45) is 0.943. The van der Waals surface area contributed by atoms with Crippen molar-refractivity contribution in [2.24, 2.45) is 5.11 Å². The van der Waals surface area contributed by atoms with E-state index in [4.69, 9.17) is 5.53 Å². The van der Waals surface area contributed by atoms with Crippen molar-refractivity contribution >= 4 is 27.3 Å². The average molecular weight is 274 g/mol. The van der Waals surface area contributed by atoms with Gasteiger partial charge in [0.05, 0.1) is 12.4 Å². The van der Waals surface area contributed by atoms with Crippen LogP contribution in [0.3, 0.4) is 0 Å². The molecule has 5 nitrogen and oxygen atoms in total. The van der Waals surface area contributed by atoms with Crippen molar-refractivity contribution in [1.82, 2.24) is 9.88 Å². The van der Waals surface area contributed by atoms with E-state index in [0.717, 1.165) is 23.4 Å². The Morgan fingerprint density at radius 3 is 3.36 bits per heavy atom. The summed E-state index contributed by atoms with van der Waals surface area (Å²) in [5.41, 5.74) is 9.39. The average Bonchev–Trinajstić information content (AvgIpc) is 2.54. The molecule has 0 aromatic carbocycles. The first kappa shape index (κ1) is 9.92. The van der Waals surface area contributed by atoms with Crippen LogP contribution in [0.25, 0.3) is 10.4 Å². The van der Waals surface area contributed by atoms with Crippen LogP contribution in [0.4, 0.5) is 0 Å². The van der Waals surface area contributed by atoms with Crippen molar-refractivity contribution in [3.63, 3.8) is 0 Å². The van der Waals surface area contributed by atoms with Crippen molar-refractivity contribution in [3.05, 3.63) is 24.9 Å². The van der Waals surface area contributed by atoms with Crippen LogP contribution in [0.15, 0.2) is 9.03 Å². The zero-order chi connectivity index (χ0) is 9.97. The summed E-state index contributed by atoms with van der Waals surface area (Å²) >= 11 is 5.03. The van der Waals surface area contributed by atoms with Gasteiger partial charge in [0.1, 0.15) is 0 Å². The number of nitrogens with zero attached hydrogens (tertiary/aromatic N) is 5. The third-order valence-electron chi connectivity index (χ3n) is 2.11. The largest absolute Gasteiger partial charge is 0.292 e. The molecule has 2 heterocycles. The van der Waals surface area contributed by atoms with E-state index in [1.165, 1.54) is 10.6 Å². The van der Waals surface area contributed by atoms with Gasteiger partial charge in [-0.2, -0.15) is 0 Å². The molecule has 0 saturated heterocycles. The SMILES string of the molecule is [N-]=[N+]=NCN1CCc2nc(Br)sc2C1. The fraction of sp³-hybridized carbons (Fsp3) is 0.571. The van der Waals surface area contributed by atoms with E-state index in [2.05, 4.69) is 35.8 Å². The van der Waals surface area contributed by atoms with Crippen molar-refractivity contribution in [2.45, 2.75) is 13.0 Å². The highest BCUT2D eigenvalue weighted by Crippen LogP contribution is 2.27. The van der Waals surface area contributed by atoms with Gasteiger partial charge in [-0.05, 0) is 21.5 Å². The predicted octanol–water partition coefficient (Wildman–Crippen LogP) is 2.53. The minimum atomic E-state index is 0.450. The van der Waals surface area contributed by atoms with Gasteiger partial charge in [-0.1, -0.05) is 5.11 Å². The lowest BCUT2D eigenvalue weighted by molar-refractivity contribution is 0.263. The van der Waals surface area contributed by atoms with Crippen LogP contribution < -0.4 is 0 Å². The van der Waals surface area contributed by atoms with Crippen molar-refractivity contribution in [1.29, 1.82) is 0 Å². The van der Waals surface area contributed by atoms with Crippen LogP contribution in [0.2, 0.25) is 0 Å². The molecule has 0 aliphatic carbocycles. The molecule has 14 heavy (non-hydrogen) atoms. The molecule has 7 heteroatoms. The van der Waals surface area contributed by atoms with E-state index in [0.29, 0.717) is 6.67 Å². The van der Waals surface area contributed by atoms with Gasteiger partial charge >= 0.3 is 0 Å². The van der Waals surface area contributed by atoms with Gasteiger partial charge in [-0.3, -0.25) is 4.90 Å². The van der Waals surface area contributed by atoms with E-state index in [-0.39, 0.29) is 0 Å². The highest BCUT2D eigenvalue weighted by Gasteiger charge is 2.19. The van der Waals surface area contributed by atoms with Gasteiger partial charge in [-0.25, -0.2) is 4.98 Å². The van der Waals surface area contributed by atoms with Gasteiger partial charge in [0.2, 0.25) is 0 Å². The predicted molar refractivity (Wildman–Crippen MR) is 57.9 cm³/mol. The first-order valence-electron chi connectivity index (χ1n) is 4.17. The normalized spacial score (nSPS) is 16.1. The lowest BCUT2D eigenvalue weighted by Crippen LogP contribution is -2.29. The number of azide groups is 1. The first-order valence-corrected chi connectivity index (χ1v) is 5.78. The fourth-order valence-corrected chi connectivity index (χ4v) is 3.13. The van der Waals surface area contributed by atoms with Gasteiger partial charge in [0.15, 0.2) is 3.92 Å². The second-order valence-electron chi connectivity index (χ2n) is 3.01. The first-order chi connectivity index (χ1) is 6.79. The third-order valence-corrected chi connectivity index (χ3v) is 3.64. The lowest BCUT2D eigenvalue weighted by atomic mass is 10.2. The maximum absolute atomic E-state index is 8.21. The molecule has 1 aliphatic rings. The molecule has 2 rings (SSSR count). The number of thiazole rings is 1. The molecule has 1 aliphatic heterocycles. The molecule has 1 aromatic heterocycles. The van der Waals surface area contributed by atoms with E-state index in [1.807, 2.05) is 0 Å². The zero-order valence-corrected chi connectivity index (χ0v) is 9.75. The Kier molecular flexibility index (Phi) is 3.02. The molecule has 0 N–H and O–H groups in total. The molecule has 0 bridgehead atoms. The minimum Gasteiger partial charge on any atom is -0.292 e. The van der Waals surface area contributed by atoms with Crippen molar-refractivity contribution in [2.75, 3.05) is 13.2 Å². The van der Waals surface area contributed by atoms with Gasteiger partial charge in [0.25, 0.3) is 0 Å². The Labute approximate surface area is 93.5 Å². The summed E-state index contributed by atoms with van der Waals surface area (Å²) in [6, 6.07) is 0. The van der Waals surface area contributed by atoms with Gasteiger partial charge in [0, 0.05) is 29.3 Å². The van der Waals surface area contributed by atoms with E-state index >= 15 is 0 Å². The lowest BCUT2D eigenvalue weighted by Gasteiger charge is -2.23. The number of aromatic nitrogens is 1. The number of hydrogen-bond acceptors (Lipinski definition) is 4. The Hall–Kier alpha value is -0.620. The number of hydrogen-bond donors (Lipinski definition) is 0. The molecule has 0 radical (unpaired) electrons. The standard InChI is InChI=1S/C7H8BrN5S/c8-7-11-5-1-2-13(4-10-12-9)3-6(5)14-7/h1-4H2. The van der Waals surface area contributed by atoms with Crippen LogP contribution in [0, 0.1) is 0 Å². The summed E-state index contributed by atoms with van der Waals surface area (Å²) in [5, 5.41) is 3.55. The molecule has 0 fully saturated rings. The fourth-order valence-electron chi connectivity index (χ4n) is 1.46. The van der Waals surface area contributed by atoms with Crippen LogP contribution in [0.1, 0.15) is 10.6 Å². The van der Waals surface area contributed by atoms with Gasteiger partial charge < -0.3 is 0 Å². The quantitative estimate of drug-likeness (QED) is 0.472. The smallest absolute Gasteiger partial charge is 0.159 e. The Morgan fingerprint density at radius 2 is 2.57 bits per heavy atom. The molecule has 0 amide bonds. The Balaban J connectivity index is 2.08. The highest BCUT2D eigenvalue weighted by molar-refractivity contribution is 9.11. The van der Waals surface area contributed by atoms with Crippen LogP contribution in [-0.2, 0) is 13.0 Å². The minimum absolute atomic E-state index is 0.450. The number of fused-ring (bicyclic) bond motifs is 1. The molecule has 0 saturated carbocycles. The molecule has 1 aromatic rings. The molecule has 0 unspecified atom stereocenters. The second-order valence-corrected chi connectivity index (χ2v) is 5.37. The molecular formula is C7H8BrN5S. The number of halogens is 1. The molecular weight excluding hydrogens is 266 g/mol. The van der Waals surface area contributed by atoms with Crippen molar-refractivity contribution < 1.29 is 0 Å². The van der Waals surface area contributed by atoms with E-state index in [1.54, 1.807) is 11.3 Å². The Morgan fingerprint density at radius 1 is 1.71 bits per heavy atom. The Bertz CT molecular complexity index is 383. The highest BCUT2D eigenvalue weighted by atomic mass is 79.9. The maximum Gasteiger partial charge on any atom is 0.159 e. The van der Waals surface area contributed by atoms with Crippen molar-refractivity contribution in [3.8, 4) is 0 Å². The summed E-state index contributed by atoms with van der Waals surface area (Å²) in [5.74, 6) is 0.